The van der Waals surface area contributed by atoms with Crippen molar-refractivity contribution in [1.29, 1.82) is 0 Å². The van der Waals surface area contributed by atoms with E-state index in [4.69, 9.17) is 0 Å². The van der Waals surface area contributed by atoms with Crippen LogP contribution in [0.3, 0.4) is 0 Å². The van der Waals surface area contributed by atoms with E-state index in [1.54, 1.807) is 7.05 Å². The standard InChI is InChI=1S/C20H29N5O.C2H6/c1-15-19(23-16(2)22-15)14-24-11-9-18(10-12-24)25(20(26)21-3)13-17-7-5-4-6-8-17;1-2/h4-8,18H,9-14H2,1-3H3,(H,21,26)(H,22,23);1-2H3. The molecule has 0 bridgehead atoms. The Morgan fingerprint density at radius 2 is 1.86 bits per heavy atom. The number of imidazole rings is 1. The van der Waals surface area contributed by atoms with Crippen LogP contribution in [0.1, 0.15) is 49.5 Å². The van der Waals surface area contributed by atoms with Gasteiger partial charge in [0, 0.05) is 45.0 Å². The van der Waals surface area contributed by atoms with Crippen LogP contribution in [0.15, 0.2) is 30.3 Å². The summed E-state index contributed by atoms with van der Waals surface area (Å²) in [5.74, 6) is 0.973. The number of carbonyl (C=O) groups is 1. The molecule has 1 fully saturated rings. The summed E-state index contributed by atoms with van der Waals surface area (Å²) >= 11 is 0. The average Bonchev–Trinajstić information content (AvgIpc) is 3.05. The van der Waals surface area contributed by atoms with E-state index in [1.807, 2.05) is 43.9 Å². The molecule has 0 atom stereocenters. The van der Waals surface area contributed by atoms with E-state index in [2.05, 4.69) is 39.2 Å². The second-order valence-electron chi connectivity index (χ2n) is 7.07. The minimum atomic E-state index is 0.00562. The van der Waals surface area contributed by atoms with E-state index in [0.717, 1.165) is 49.7 Å². The monoisotopic (exact) mass is 385 g/mol. The second kappa shape index (κ2) is 10.9. The maximum atomic E-state index is 12.4. The summed E-state index contributed by atoms with van der Waals surface area (Å²) in [6.45, 7) is 11.6. The summed E-state index contributed by atoms with van der Waals surface area (Å²) in [5, 5.41) is 2.80. The molecule has 1 saturated heterocycles. The third-order valence-corrected chi connectivity index (χ3v) is 5.15. The number of carbonyl (C=O) groups excluding carboxylic acids is 1. The Balaban J connectivity index is 0.00000136. The van der Waals surface area contributed by atoms with Crippen LogP contribution in [0.5, 0.6) is 0 Å². The first-order valence-corrected chi connectivity index (χ1v) is 10.3. The number of aryl methyl sites for hydroxylation is 2. The van der Waals surface area contributed by atoms with Crippen molar-refractivity contribution >= 4 is 6.03 Å². The highest BCUT2D eigenvalue weighted by molar-refractivity contribution is 5.74. The molecule has 0 radical (unpaired) electrons. The van der Waals surface area contributed by atoms with Crippen LogP contribution in [0.4, 0.5) is 4.79 Å². The normalized spacial score (nSPS) is 14.9. The van der Waals surface area contributed by atoms with Gasteiger partial charge in [0.25, 0.3) is 0 Å². The first-order chi connectivity index (χ1) is 13.6. The van der Waals surface area contributed by atoms with E-state index in [-0.39, 0.29) is 12.1 Å². The maximum absolute atomic E-state index is 12.4. The van der Waals surface area contributed by atoms with Crippen LogP contribution >= 0.6 is 0 Å². The highest BCUT2D eigenvalue weighted by atomic mass is 16.2. The van der Waals surface area contributed by atoms with Crippen molar-refractivity contribution in [3.05, 3.63) is 53.1 Å². The summed E-state index contributed by atoms with van der Waals surface area (Å²) in [6, 6.07) is 10.5. The van der Waals surface area contributed by atoms with Gasteiger partial charge in [0.2, 0.25) is 0 Å². The van der Waals surface area contributed by atoms with Gasteiger partial charge in [-0.1, -0.05) is 44.2 Å². The zero-order valence-corrected chi connectivity index (χ0v) is 18.0. The predicted octanol–water partition coefficient (Wildman–Crippen LogP) is 3.86. The maximum Gasteiger partial charge on any atom is 0.317 e. The summed E-state index contributed by atoms with van der Waals surface area (Å²) in [5.41, 5.74) is 3.45. The zero-order valence-electron chi connectivity index (χ0n) is 18.0. The van der Waals surface area contributed by atoms with Gasteiger partial charge in [-0.3, -0.25) is 4.90 Å². The lowest BCUT2D eigenvalue weighted by Crippen LogP contribution is -2.49. The molecule has 0 aliphatic carbocycles. The summed E-state index contributed by atoms with van der Waals surface area (Å²) in [7, 11) is 1.71. The molecular formula is C22H35N5O. The zero-order chi connectivity index (χ0) is 20.5. The molecule has 0 unspecified atom stereocenters. The fourth-order valence-electron chi connectivity index (χ4n) is 3.70. The van der Waals surface area contributed by atoms with E-state index >= 15 is 0 Å². The van der Waals surface area contributed by atoms with Crippen molar-refractivity contribution in [3.8, 4) is 0 Å². The summed E-state index contributed by atoms with van der Waals surface area (Å²) < 4.78 is 0. The van der Waals surface area contributed by atoms with Crippen LogP contribution in [0.2, 0.25) is 0 Å². The van der Waals surface area contributed by atoms with Gasteiger partial charge in [-0.2, -0.15) is 0 Å². The Labute approximate surface area is 169 Å². The lowest BCUT2D eigenvalue weighted by Gasteiger charge is -2.38. The Bertz CT molecular complexity index is 720. The van der Waals surface area contributed by atoms with E-state index in [1.165, 1.54) is 5.56 Å². The molecule has 1 aliphatic heterocycles. The number of hydrogen-bond donors (Lipinski definition) is 2. The minimum absolute atomic E-state index is 0.00562. The molecule has 28 heavy (non-hydrogen) atoms. The fourth-order valence-corrected chi connectivity index (χ4v) is 3.70. The topological polar surface area (TPSA) is 64.3 Å². The highest BCUT2D eigenvalue weighted by Crippen LogP contribution is 2.21. The fraction of sp³-hybridized carbons (Fsp3) is 0.545. The number of piperidine rings is 1. The number of benzene rings is 1. The van der Waals surface area contributed by atoms with E-state index < -0.39 is 0 Å². The Kier molecular flexibility index (Phi) is 8.51. The molecule has 3 rings (SSSR count). The molecule has 1 aliphatic rings. The highest BCUT2D eigenvalue weighted by Gasteiger charge is 2.28. The van der Waals surface area contributed by atoms with Crippen LogP contribution in [-0.2, 0) is 13.1 Å². The molecule has 2 heterocycles. The number of H-pyrrole nitrogens is 1. The lowest BCUT2D eigenvalue weighted by molar-refractivity contribution is 0.113. The van der Waals surface area contributed by atoms with Gasteiger partial charge in [-0.05, 0) is 32.3 Å². The van der Waals surface area contributed by atoms with Crippen LogP contribution in [0.25, 0.3) is 0 Å². The van der Waals surface area contributed by atoms with Gasteiger partial charge in [-0.25, -0.2) is 9.78 Å². The van der Waals surface area contributed by atoms with Crippen LogP contribution in [0, 0.1) is 13.8 Å². The van der Waals surface area contributed by atoms with Crippen molar-refractivity contribution < 1.29 is 4.79 Å². The number of urea groups is 1. The number of rotatable bonds is 5. The van der Waals surface area contributed by atoms with Crippen molar-refractivity contribution in [1.82, 2.24) is 25.1 Å². The molecule has 6 heteroatoms. The van der Waals surface area contributed by atoms with Gasteiger partial charge in [-0.15, -0.1) is 0 Å². The Morgan fingerprint density at radius 3 is 2.39 bits per heavy atom. The minimum Gasteiger partial charge on any atom is -0.346 e. The molecule has 2 aromatic rings. The van der Waals surface area contributed by atoms with Gasteiger partial charge in [0.05, 0.1) is 5.69 Å². The Morgan fingerprint density at radius 1 is 1.21 bits per heavy atom. The van der Waals surface area contributed by atoms with Gasteiger partial charge in [0.1, 0.15) is 5.82 Å². The molecule has 0 saturated carbocycles. The number of nitrogens with zero attached hydrogens (tertiary/aromatic N) is 3. The number of likely N-dealkylation sites (tertiary alicyclic amines) is 1. The third kappa shape index (κ3) is 5.83. The number of amides is 2. The smallest absolute Gasteiger partial charge is 0.317 e. The number of nitrogens with one attached hydrogen (secondary N) is 2. The van der Waals surface area contributed by atoms with E-state index in [0.29, 0.717) is 6.54 Å². The van der Waals surface area contributed by atoms with Crippen molar-refractivity contribution in [2.45, 2.75) is 59.7 Å². The lowest BCUT2D eigenvalue weighted by atomic mass is 10.0. The SMILES string of the molecule is CC.CNC(=O)N(Cc1ccccc1)C1CCN(Cc2nc(C)[nH]c2C)CC1. The summed E-state index contributed by atoms with van der Waals surface area (Å²) in [6.07, 6.45) is 1.98. The molecule has 1 aromatic carbocycles. The van der Waals surface area contributed by atoms with Gasteiger partial charge >= 0.3 is 6.03 Å². The molecular weight excluding hydrogens is 350 g/mol. The number of hydrogen-bond acceptors (Lipinski definition) is 3. The predicted molar refractivity (Wildman–Crippen MR) is 114 cm³/mol. The first kappa shape index (κ1) is 22.0. The number of aromatic nitrogens is 2. The van der Waals surface area contributed by atoms with E-state index in [9.17, 15) is 4.79 Å². The molecule has 1 aromatic heterocycles. The quantitative estimate of drug-likeness (QED) is 0.821. The average molecular weight is 386 g/mol. The van der Waals surface area contributed by atoms with Gasteiger partial charge in [0.15, 0.2) is 0 Å². The molecule has 2 N–H and O–H groups in total. The molecule has 6 nitrogen and oxygen atoms in total. The largest absolute Gasteiger partial charge is 0.346 e. The molecule has 2 amide bonds. The van der Waals surface area contributed by atoms with Crippen molar-refractivity contribution in [3.63, 3.8) is 0 Å². The number of aromatic amines is 1. The molecule has 154 valence electrons. The second-order valence-corrected chi connectivity index (χ2v) is 7.07. The molecule has 0 spiro atoms. The Hall–Kier alpha value is -2.34. The van der Waals surface area contributed by atoms with Crippen LogP contribution in [-0.4, -0.2) is 52.0 Å². The first-order valence-electron chi connectivity index (χ1n) is 10.3. The van der Waals surface area contributed by atoms with Crippen LogP contribution < -0.4 is 5.32 Å². The van der Waals surface area contributed by atoms with Crippen molar-refractivity contribution in [2.75, 3.05) is 20.1 Å². The van der Waals surface area contributed by atoms with Gasteiger partial charge < -0.3 is 15.2 Å². The summed E-state index contributed by atoms with van der Waals surface area (Å²) in [4.78, 5) is 24.7. The van der Waals surface area contributed by atoms with Crippen molar-refractivity contribution in [2.24, 2.45) is 0 Å². The third-order valence-electron chi connectivity index (χ3n) is 5.15.